The van der Waals surface area contributed by atoms with Crippen LogP contribution in [0.4, 0.5) is 14.5 Å². The van der Waals surface area contributed by atoms with Crippen molar-refractivity contribution in [3.8, 4) is 5.75 Å². The van der Waals surface area contributed by atoms with Crippen LogP contribution in [-0.2, 0) is 14.3 Å². The normalized spacial score (nSPS) is 11.9. The van der Waals surface area contributed by atoms with Gasteiger partial charge in [-0.15, -0.1) is 0 Å². The summed E-state index contributed by atoms with van der Waals surface area (Å²) in [5, 5.41) is 2.45. The van der Waals surface area contributed by atoms with E-state index in [0.29, 0.717) is 5.56 Å². The number of halogens is 3. The van der Waals surface area contributed by atoms with Crippen LogP contribution < -0.4 is 10.1 Å². The predicted molar refractivity (Wildman–Crippen MR) is 97.6 cm³/mol. The van der Waals surface area contributed by atoms with E-state index in [4.69, 9.17) is 21.1 Å². The lowest BCUT2D eigenvalue weighted by molar-refractivity contribution is -0.148. The molecule has 27 heavy (non-hydrogen) atoms. The van der Waals surface area contributed by atoms with Crippen molar-refractivity contribution in [1.82, 2.24) is 0 Å². The number of rotatable bonds is 6. The quantitative estimate of drug-likeness (QED) is 0.587. The summed E-state index contributed by atoms with van der Waals surface area (Å²) in [5.41, 5.74) is 0.607. The number of amides is 1. The summed E-state index contributed by atoms with van der Waals surface area (Å²) in [6.45, 7) is 1.37. The molecule has 0 saturated heterocycles. The van der Waals surface area contributed by atoms with E-state index in [9.17, 15) is 18.4 Å². The van der Waals surface area contributed by atoms with Crippen molar-refractivity contribution >= 4 is 35.2 Å². The van der Waals surface area contributed by atoms with Gasteiger partial charge in [0, 0.05) is 6.08 Å². The second-order valence-corrected chi connectivity index (χ2v) is 5.83. The number of hydrogen-bond acceptors (Lipinski definition) is 4. The van der Waals surface area contributed by atoms with Crippen molar-refractivity contribution in [2.75, 3.05) is 12.4 Å². The lowest BCUT2D eigenvalue weighted by Gasteiger charge is -2.13. The third kappa shape index (κ3) is 5.79. The fraction of sp³-hybridized carbons (Fsp3) is 0.158. The third-order valence-corrected chi connectivity index (χ3v) is 3.75. The van der Waals surface area contributed by atoms with E-state index in [-0.39, 0.29) is 16.5 Å². The van der Waals surface area contributed by atoms with Gasteiger partial charge in [-0.25, -0.2) is 13.6 Å². The Kier molecular flexibility index (Phi) is 6.90. The molecule has 0 aliphatic rings. The fourth-order valence-corrected chi connectivity index (χ4v) is 2.26. The summed E-state index contributed by atoms with van der Waals surface area (Å²) < 4.78 is 36.4. The van der Waals surface area contributed by atoms with E-state index in [0.717, 1.165) is 18.2 Å². The molecule has 1 N–H and O–H groups in total. The van der Waals surface area contributed by atoms with Crippen molar-refractivity contribution in [1.29, 1.82) is 0 Å². The van der Waals surface area contributed by atoms with Crippen molar-refractivity contribution in [3.05, 3.63) is 64.7 Å². The summed E-state index contributed by atoms with van der Waals surface area (Å²) >= 11 is 5.82. The molecular weight excluding hydrogens is 380 g/mol. The molecule has 0 bridgehead atoms. The second-order valence-electron chi connectivity index (χ2n) is 5.42. The molecule has 2 aromatic rings. The lowest BCUT2D eigenvalue weighted by Crippen LogP contribution is -2.29. The van der Waals surface area contributed by atoms with Crippen molar-refractivity contribution in [3.63, 3.8) is 0 Å². The molecule has 2 aromatic carbocycles. The van der Waals surface area contributed by atoms with Gasteiger partial charge in [-0.1, -0.05) is 17.7 Å². The third-order valence-electron chi connectivity index (χ3n) is 3.44. The number of anilines is 1. The molecule has 8 heteroatoms. The Labute approximate surface area is 159 Å². The number of hydrogen-bond donors (Lipinski definition) is 1. The van der Waals surface area contributed by atoms with Gasteiger partial charge in [0.2, 0.25) is 0 Å². The first kappa shape index (κ1) is 20.4. The van der Waals surface area contributed by atoms with E-state index in [1.807, 2.05) is 0 Å². The first-order valence-electron chi connectivity index (χ1n) is 7.78. The molecule has 0 aromatic heterocycles. The molecule has 142 valence electrons. The zero-order chi connectivity index (χ0) is 20.0. The Hall–Kier alpha value is -2.93. The number of benzene rings is 2. The zero-order valence-electron chi connectivity index (χ0n) is 14.5. The number of carbonyl (C=O) groups excluding carboxylic acids is 2. The van der Waals surface area contributed by atoms with Gasteiger partial charge in [0.1, 0.15) is 5.82 Å². The molecule has 0 fully saturated rings. The highest BCUT2D eigenvalue weighted by Gasteiger charge is 2.18. The molecule has 0 aliphatic heterocycles. The van der Waals surface area contributed by atoms with Crippen molar-refractivity contribution in [2.24, 2.45) is 0 Å². The minimum absolute atomic E-state index is 0.0169. The average Bonchev–Trinajstić information content (AvgIpc) is 2.62. The first-order chi connectivity index (χ1) is 12.8. The van der Waals surface area contributed by atoms with Gasteiger partial charge in [0.05, 0.1) is 17.8 Å². The van der Waals surface area contributed by atoms with E-state index in [2.05, 4.69) is 5.32 Å². The molecule has 0 aliphatic carbocycles. The Morgan fingerprint density at radius 2 is 1.93 bits per heavy atom. The summed E-state index contributed by atoms with van der Waals surface area (Å²) in [5.74, 6) is -2.46. The van der Waals surface area contributed by atoms with Gasteiger partial charge in [-0.2, -0.15) is 0 Å². The van der Waals surface area contributed by atoms with Crippen LogP contribution in [0.15, 0.2) is 42.5 Å². The maximum absolute atomic E-state index is 13.6. The van der Waals surface area contributed by atoms with Crippen LogP contribution in [0.1, 0.15) is 12.5 Å². The van der Waals surface area contributed by atoms with Crippen LogP contribution in [0.25, 0.3) is 6.08 Å². The average molecular weight is 396 g/mol. The Morgan fingerprint density at radius 3 is 2.56 bits per heavy atom. The molecule has 2 rings (SSSR count). The molecule has 0 unspecified atom stereocenters. The van der Waals surface area contributed by atoms with Gasteiger partial charge in [0.15, 0.2) is 17.7 Å². The van der Waals surface area contributed by atoms with Crippen LogP contribution in [0, 0.1) is 11.6 Å². The predicted octanol–water partition coefficient (Wildman–Crippen LogP) is 4.21. The van der Waals surface area contributed by atoms with Gasteiger partial charge >= 0.3 is 5.97 Å². The van der Waals surface area contributed by atoms with Gasteiger partial charge in [-0.05, 0) is 48.9 Å². The Bertz CT molecular complexity index is 886. The smallest absolute Gasteiger partial charge is 0.331 e. The Morgan fingerprint density at radius 1 is 1.19 bits per heavy atom. The largest absolute Gasteiger partial charge is 0.494 e. The van der Waals surface area contributed by atoms with E-state index >= 15 is 0 Å². The van der Waals surface area contributed by atoms with Crippen molar-refractivity contribution in [2.45, 2.75) is 13.0 Å². The Balaban J connectivity index is 1.94. The van der Waals surface area contributed by atoms with Crippen LogP contribution in [0.5, 0.6) is 5.75 Å². The van der Waals surface area contributed by atoms with Gasteiger partial charge < -0.3 is 14.8 Å². The fourth-order valence-electron chi connectivity index (χ4n) is 2.04. The van der Waals surface area contributed by atoms with Crippen LogP contribution in [-0.4, -0.2) is 25.1 Å². The van der Waals surface area contributed by atoms with Gasteiger partial charge in [0.25, 0.3) is 5.91 Å². The molecule has 1 atom stereocenters. The number of carbonyl (C=O) groups is 2. The maximum atomic E-state index is 13.6. The topological polar surface area (TPSA) is 64.6 Å². The molecule has 0 spiro atoms. The molecule has 1 amide bonds. The lowest BCUT2D eigenvalue weighted by atomic mass is 10.2. The summed E-state index contributed by atoms with van der Waals surface area (Å²) in [6, 6.07) is 7.64. The summed E-state index contributed by atoms with van der Waals surface area (Å²) in [4.78, 5) is 23.9. The molecule has 0 radical (unpaired) electrons. The summed E-state index contributed by atoms with van der Waals surface area (Å²) in [7, 11) is 1.34. The van der Waals surface area contributed by atoms with E-state index < -0.39 is 29.6 Å². The second kappa shape index (κ2) is 9.14. The highest BCUT2D eigenvalue weighted by atomic mass is 35.5. The van der Waals surface area contributed by atoms with Gasteiger partial charge in [-0.3, -0.25) is 4.79 Å². The minimum atomic E-state index is -1.13. The molecule has 0 saturated carbocycles. The van der Waals surface area contributed by atoms with Crippen LogP contribution in [0.2, 0.25) is 5.02 Å². The number of ether oxygens (including phenoxy) is 2. The maximum Gasteiger partial charge on any atom is 0.331 e. The SMILES string of the molecule is COc1ccc(/C=C/C(=O)O[C@H](C)C(=O)Nc2ccc(F)cc2Cl)cc1F. The van der Waals surface area contributed by atoms with Crippen LogP contribution >= 0.6 is 11.6 Å². The number of esters is 1. The number of nitrogens with one attached hydrogen (secondary N) is 1. The zero-order valence-corrected chi connectivity index (χ0v) is 15.2. The molecule has 0 heterocycles. The number of methoxy groups -OCH3 is 1. The standard InChI is InChI=1S/C19H16ClF2NO4/c1-11(19(25)23-16-6-5-13(21)10-14(16)20)27-18(24)8-4-12-3-7-17(26-2)15(22)9-12/h3-11H,1-2H3,(H,23,25)/b8-4+/t11-/m1/s1. The highest BCUT2D eigenvalue weighted by molar-refractivity contribution is 6.33. The first-order valence-corrected chi connectivity index (χ1v) is 8.16. The van der Waals surface area contributed by atoms with Crippen molar-refractivity contribution < 1.29 is 27.8 Å². The highest BCUT2D eigenvalue weighted by Crippen LogP contribution is 2.22. The monoisotopic (exact) mass is 395 g/mol. The van der Waals surface area contributed by atoms with E-state index in [1.165, 1.54) is 38.3 Å². The minimum Gasteiger partial charge on any atom is -0.494 e. The van der Waals surface area contributed by atoms with Crippen LogP contribution in [0.3, 0.4) is 0 Å². The molecule has 5 nitrogen and oxygen atoms in total. The molecular formula is C19H16ClF2NO4. The summed E-state index contributed by atoms with van der Waals surface area (Å²) in [6.07, 6.45) is 1.28. The van der Waals surface area contributed by atoms with E-state index in [1.54, 1.807) is 6.07 Å².